The maximum absolute atomic E-state index is 11.4. The second-order valence-electron chi connectivity index (χ2n) is 3.88. The molecule has 0 aromatic heterocycles. The fraction of sp³-hybridized carbons (Fsp3) is 0.231. The molecule has 17 heavy (non-hydrogen) atoms. The maximum atomic E-state index is 11.4. The SMILES string of the molecule is CC(C)NC(=O)C(=O)C=Cc1cccc(Cl)c1. The summed E-state index contributed by atoms with van der Waals surface area (Å²) in [5, 5.41) is 3.11. The van der Waals surface area contributed by atoms with Crippen molar-refractivity contribution in [3.05, 3.63) is 40.9 Å². The Balaban J connectivity index is 2.65. The summed E-state index contributed by atoms with van der Waals surface area (Å²) in [5.74, 6) is -1.17. The fourth-order valence-corrected chi connectivity index (χ4v) is 1.39. The minimum Gasteiger partial charge on any atom is -0.347 e. The summed E-state index contributed by atoms with van der Waals surface area (Å²) >= 11 is 5.79. The largest absolute Gasteiger partial charge is 0.347 e. The summed E-state index contributed by atoms with van der Waals surface area (Å²) < 4.78 is 0. The molecule has 0 radical (unpaired) electrons. The minimum atomic E-state index is -0.599. The van der Waals surface area contributed by atoms with E-state index in [0.717, 1.165) is 5.56 Å². The van der Waals surface area contributed by atoms with Gasteiger partial charge in [-0.1, -0.05) is 29.8 Å². The monoisotopic (exact) mass is 251 g/mol. The van der Waals surface area contributed by atoms with E-state index < -0.39 is 11.7 Å². The van der Waals surface area contributed by atoms with Gasteiger partial charge in [-0.15, -0.1) is 0 Å². The molecule has 0 saturated heterocycles. The third-order valence-corrected chi connectivity index (χ3v) is 2.15. The molecule has 0 spiro atoms. The molecule has 0 heterocycles. The Hall–Kier alpha value is -1.61. The van der Waals surface area contributed by atoms with Crippen LogP contribution in [0.4, 0.5) is 0 Å². The molecule has 0 fully saturated rings. The van der Waals surface area contributed by atoms with Gasteiger partial charge in [0.1, 0.15) is 0 Å². The lowest BCUT2D eigenvalue weighted by atomic mass is 10.2. The summed E-state index contributed by atoms with van der Waals surface area (Å²) in [7, 11) is 0. The highest BCUT2D eigenvalue weighted by atomic mass is 35.5. The highest BCUT2D eigenvalue weighted by Gasteiger charge is 2.10. The summed E-state index contributed by atoms with van der Waals surface area (Å²) in [6.07, 6.45) is 2.80. The average Bonchev–Trinajstić information content (AvgIpc) is 2.25. The van der Waals surface area contributed by atoms with Crippen molar-refractivity contribution in [2.45, 2.75) is 19.9 Å². The van der Waals surface area contributed by atoms with E-state index in [4.69, 9.17) is 11.6 Å². The van der Waals surface area contributed by atoms with Gasteiger partial charge in [0.15, 0.2) is 0 Å². The van der Waals surface area contributed by atoms with E-state index in [1.807, 2.05) is 0 Å². The first-order valence-corrected chi connectivity index (χ1v) is 5.65. The molecule has 0 unspecified atom stereocenters. The van der Waals surface area contributed by atoms with E-state index >= 15 is 0 Å². The molecular weight excluding hydrogens is 238 g/mol. The highest BCUT2D eigenvalue weighted by molar-refractivity contribution is 6.41. The van der Waals surface area contributed by atoms with Crippen LogP contribution in [0, 0.1) is 0 Å². The van der Waals surface area contributed by atoms with Crippen molar-refractivity contribution in [2.75, 3.05) is 0 Å². The maximum Gasteiger partial charge on any atom is 0.291 e. The van der Waals surface area contributed by atoms with Crippen molar-refractivity contribution in [2.24, 2.45) is 0 Å². The second kappa shape index (κ2) is 6.21. The number of ketones is 1. The molecule has 1 rings (SSSR count). The minimum absolute atomic E-state index is 0.0500. The van der Waals surface area contributed by atoms with Crippen LogP contribution in [0.5, 0.6) is 0 Å². The molecular formula is C13H14ClNO2. The van der Waals surface area contributed by atoms with Crippen LogP contribution in [0.15, 0.2) is 30.3 Å². The summed E-state index contributed by atoms with van der Waals surface area (Å²) in [4.78, 5) is 22.7. The molecule has 1 amide bonds. The molecule has 90 valence electrons. The topological polar surface area (TPSA) is 46.2 Å². The average molecular weight is 252 g/mol. The smallest absolute Gasteiger partial charge is 0.291 e. The summed E-state index contributed by atoms with van der Waals surface area (Å²) in [5.41, 5.74) is 0.781. The Kier molecular flexibility index (Phi) is 4.91. The second-order valence-corrected chi connectivity index (χ2v) is 4.32. The van der Waals surface area contributed by atoms with Crippen molar-refractivity contribution in [3.63, 3.8) is 0 Å². The molecule has 4 heteroatoms. The van der Waals surface area contributed by atoms with E-state index in [1.54, 1.807) is 44.2 Å². The van der Waals surface area contributed by atoms with Crippen molar-refractivity contribution in [1.82, 2.24) is 5.32 Å². The standard InChI is InChI=1S/C13H14ClNO2/c1-9(2)15-13(17)12(16)7-6-10-4-3-5-11(14)8-10/h3-9H,1-2H3,(H,15,17). The van der Waals surface area contributed by atoms with Crippen LogP contribution in [-0.2, 0) is 9.59 Å². The predicted octanol–water partition coefficient (Wildman–Crippen LogP) is 2.45. The van der Waals surface area contributed by atoms with Gasteiger partial charge in [0.2, 0.25) is 5.78 Å². The molecule has 1 N–H and O–H groups in total. The molecule has 0 aliphatic rings. The third-order valence-electron chi connectivity index (χ3n) is 1.92. The number of nitrogens with one attached hydrogen (secondary N) is 1. The van der Waals surface area contributed by atoms with Gasteiger partial charge in [-0.3, -0.25) is 9.59 Å². The van der Waals surface area contributed by atoms with Crippen LogP contribution < -0.4 is 5.32 Å². The Morgan fingerprint density at radius 2 is 2.06 bits per heavy atom. The molecule has 3 nitrogen and oxygen atoms in total. The molecule has 0 aliphatic carbocycles. The molecule has 1 aromatic carbocycles. The van der Waals surface area contributed by atoms with Crippen LogP contribution in [0.2, 0.25) is 5.02 Å². The first-order valence-electron chi connectivity index (χ1n) is 5.27. The lowest BCUT2D eigenvalue weighted by molar-refractivity contribution is -0.135. The third kappa shape index (κ3) is 4.83. The van der Waals surface area contributed by atoms with Gasteiger partial charge in [0, 0.05) is 11.1 Å². The van der Waals surface area contributed by atoms with Crippen molar-refractivity contribution < 1.29 is 9.59 Å². The zero-order valence-electron chi connectivity index (χ0n) is 9.74. The molecule has 0 atom stereocenters. The number of carbonyl (C=O) groups is 2. The zero-order valence-corrected chi connectivity index (χ0v) is 10.5. The van der Waals surface area contributed by atoms with E-state index in [9.17, 15) is 9.59 Å². The highest BCUT2D eigenvalue weighted by Crippen LogP contribution is 2.11. The van der Waals surface area contributed by atoms with Crippen molar-refractivity contribution in [3.8, 4) is 0 Å². The van der Waals surface area contributed by atoms with Crippen LogP contribution in [-0.4, -0.2) is 17.7 Å². The number of hydrogen-bond donors (Lipinski definition) is 1. The first kappa shape index (κ1) is 13.5. The number of benzene rings is 1. The summed E-state index contributed by atoms with van der Waals surface area (Å²) in [6.45, 7) is 3.59. The van der Waals surface area contributed by atoms with Crippen molar-refractivity contribution >= 4 is 29.4 Å². The van der Waals surface area contributed by atoms with Gasteiger partial charge >= 0.3 is 0 Å². The molecule has 0 aliphatic heterocycles. The predicted molar refractivity (Wildman–Crippen MR) is 68.8 cm³/mol. The Morgan fingerprint density at radius 3 is 2.65 bits per heavy atom. The van der Waals surface area contributed by atoms with E-state index in [0.29, 0.717) is 5.02 Å². The lowest BCUT2D eigenvalue weighted by Gasteiger charge is -2.04. The van der Waals surface area contributed by atoms with Gasteiger partial charge in [-0.05, 0) is 37.6 Å². The van der Waals surface area contributed by atoms with Gasteiger partial charge in [-0.2, -0.15) is 0 Å². The summed E-state index contributed by atoms with van der Waals surface area (Å²) in [6, 6.07) is 6.99. The number of rotatable bonds is 4. The normalized spacial score (nSPS) is 10.8. The van der Waals surface area contributed by atoms with Gasteiger partial charge in [0.05, 0.1) is 0 Å². The fourth-order valence-electron chi connectivity index (χ4n) is 1.19. The van der Waals surface area contributed by atoms with Gasteiger partial charge < -0.3 is 5.32 Å². The number of amides is 1. The zero-order chi connectivity index (χ0) is 12.8. The van der Waals surface area contributed by atoms with Gasteiger partial charge in [0.25, 0.3) is 5.91 Å². The Morgan fingerprint density at radius 1 is 1.35 bits per heavy atom. The number of halogens is 1. The molecule has 1 aromatic rings. The van der Waals surface area contributed by atoms with Gasteiger partial charge in [-0.25, -0.2) is 0 Å². The molecule has 0 bridgehead atoms. The van der Waals surface area contributed by atoms with E-state index in [2.05, 4.69) is 5.32 Å². The van der Waals surface area contributed by atoms with Crippen LogP contribution >= 0.6 is 11.6 Å². The lowest BCUT2D eigenvalue weighted by Crippen LogP contribution is -2.35. The number of carbonyl (C=O) groups excluding carboxylic acids is 2. The van der Waals surface area contributed by atoms with Crippen LogP contribution in [0.25, 0.3) is 6.08 Å². The quantitative estimate of drug-likeness (QED) is 0.660. The van der Waals surface area contributed by atoms with Crippen molar-refractivity contribution in [1.29, 1.82) is 0 Å². The number of hydrogen-bond acceptors (Lipinski definition) is 2. The van der Waals surface area contributed by atoms with Crippen LogP contribution in [0.1, 0.15) is 19.4 Å². The molecule has 0 saturated carbocycles. The van der Waals surface area contributed by atoms with Crippen LogP contribution in [0.3, 0.4) is 0 Å². The Bertz CT molecular complexity index is 452. The first-order chi connectivity index (χ1) is 7.99. The van der Waals surface area contributed by atoms with E-state index in [1.165, 1.54) is 6.08 Å². The Labute approximate surface area is 105 Å². The van der Waals surface area contributed by atoms with E-state index in [-0.39, 0.29) is 6.04 Å².